The number of ether oxygens (including phenoxy) is 2. The first-order valence-electron chi connectivity index (χ1n) is 7.41. The molecule has 1 atom stereocenters. The van der Waals surface area contributed by atoms with Crippen molar-refractivity contribution in [3.63, 3.8) is 0 Å². The molecule has 0 saturated carbocycles. The van der Waals surface area contributed by atoms with E-state index in [0.29, 0.717) is 11.3 Å². The van der Waals surface area contributed by atoms with Gasteiger partial charge in [0.15, 0.2) is 6.04 Å². The van der Waals surface area contributed by atoms with E-state index in [1.165, 1.54) is 26.4 Å². The lowest BCUT2D eigenvalue weighted by Crippen LogP contribution is -2.41. The molecule has 1 amide bonds. The Morgan fingerprint density at radius 3 is 2.36 bits per heavy atom. The third-order valence-corrected chi connectivity index (χ3v) is 4.63. The maximum absolute atomic E-state index is 11.9. The lowest BCUT2D eigenvalue weighted by atomic mass is 10.1. The van der Waals surface area contributed by atoms with Crippen molar-refractivity contribution >= 4 is 21.9 Å². The number of carbonyl (C=O) groups is 2. The van der Waals surface area contributed by atoms with Crippen LogP contribution in [0.4, 0.5) is 0 Å². The summed E-state index contributed by atoms with van der Waals surface area (Å²) >= 11 is 0. The Hall–Kier alpha value is -2.17. The number of sulfonamides is 1. The summed E-state index contributed by atoms with van der Waals surface area (Å²) in [7, 11) is -0.700. The molecule has 0 aliphatic carbocycles. The van der Waals surface area contributed by atoms with Crippen LogP contribution < -0.4 is 14.8 Å². The van der Waals surface area contributed by atoms with Crippen LogP contribution in [0.15, 0.2) is 24.3 Å². The Bertz CT molecular complexity index is 674. The minimum Gasteiger partial charge on any atom is -0.497 e. The van der Waals surface area contributed by atoms with E-state index in [9.17, 15) is 23.1 Å². The maximum Gasteiger partial charge on any atom is 0.330 e. The van der Waals surface area contributed by atoms with E-state index in [1.54, 1.807) is 12.1 Å². The van der Waals surface area contributed by atoms with Crippen LogP contribution in [-0.2, 0) is 24.3 Å². The number of benzene rings is 1. The van der Waals surface area contributed by atoms with E-state index in [-0.39, 0.29) is 18.8 Å². The summed E-state index contributed by atoms with van der Waals surface area (Å²) in [5.74, 6) is -1.65. The number of aliphatic carboxylic acids is 1. The van der Waals surface area contributed by atoms with Gasteiger partial charge in [0.25, 0.3) is 0 Å². The molecule has 0 aliphatic rings. The predicted molar refractivity (Wildman–Crippen MR) is 89.8 cm³/mol. The number of carbonyl (C=O) groups excluding carboxylic acids is 1. The van der Waals surface area contributed by atoms with Crippen molar-refractivity contribution in [2.75, 3.05) is 33.1 Å². The Kier molecular flexibility index (Phi) is 8.32. The first-order chi connectivity index (χ1) is 11.8. The van der Waals surface area contributed by atoms with Crippen LogP contribution in [-0.4, -0.2) is 58.5 Å². The second kappa shape index (κ2) is 9.97. The van der Waals surface area contributed by atoms with E-state index >= 15 is 0 Å². The quantitative estimate of drug-likeness (QED) is 0.461. The zero-order valence-electron chi connectivity index (χ0n) is 14.0. The van der Waals surface area contributed by atoms with Crippen LogP contribution >= 0.6 is 0 Å². The highest BCUT2D eigenvalue weighted by atomic mass is 32.2. The standard InChI is InChI=1S/C15H22N2O7S/c1-23-8-3-9-25(21,22)16-10-13(18)17-14(15(19)20)11-4-6-12(24-2)7-5-11/h4-7,14,16H,3,8-10H2,1-2H3,(H,17,18)(H,19,20). The summed E-state index contributed by atoms with van der Waals surface area (Å²) in [4.78, 5) is 23.2. The van der Waals surface area contributed by atoms with Gasteiger partial charge in [-0.15, -0.1) is 0 Å². The van der Waals surface area contributed by atoms with Crippen molar-refractivity contribution in [3.8, 4) is 5.75 Å². The zero-order valence-corrected chi connectivity index (χ0v) is 14.8. The van der Waals surface area contributed by atoms with Crippen LogP contribution in [0.5, 0.6) is 5.75 Å². The molecule has 1 rings (SSSR count). The highest BCUT2D eigenvalue weighted by Gasteiger charge is 2.22. The number of carboxylic acid groups (broad SMARTS) is 1. The topological polar surface area (TPSA) is 131 Å². The van der Waals surface area contributed by atoms with E-state index in [0.717, 1.165) is 0 Å². The van der Waals surface area contributed by atoms with Crippen molar-refractivity contribution in [1.82, 2.24) is 10.0 Å². The molecule has 0 aromatic heterocycles. The maximum atomic E-state index is 11.9. The molecular weight excluding hydrogens is 352 g/mol. The molecule has 0 aliphatic heterocycles. The molecule has 10 heteroatoms. The normalized spacial score (nSPS) is 12.4. The van der Waals surface area contributed by atoms with Crippen molar-refractivity contribution < 1.29 is 32.6 Å². The van der Waals surface area contributed by atoms with Gasteiger partial charge in [-0.25, -0.2) is 17.9 Å². The second-order valence-corrected chi connectivity index (χ2v) is 7.02. The molecule has 0 bridgehead atoms. The summed E-state index contributed by atoms with van der Waals surface area (Å²) in [5.41, 5.74) is 0.338. The molecule has 25 heavy (non-hydrogen) atoms. The number of carboxylic acids is 1. The molecule has 0 spiro atoms. The van der Waals surface area contributed by atoms with Gasteiger partial charge in [0.05, 0.1) is 19.4 Å². The minimum atomic E-state index is -3.63. The van der Waals surface area contributed by atoms with Gasteiger partial charge in [-0.3, -0.25) is 4.79 Å². The highest BCUT2D eigenvalue weighted by molar-refractivity contribution is 7.89. The van der Waals surface area contributed by atoms with Crippen LogP contribution in [0.3, 0.4) is 0 Å². The van der Waals surface area contributed by atoms with Crippen molar-refractivity contribution in [3.05, 3.63) is 29.8 Å². The van der Waals surface area contributed by atoms with Gasteiger partial charge >= 0.3 is 5.97 Å². The number of hydrogen-bond donors (Lipinski definition) is 3. The van der Waals surface area contributed by atoms with E-state index < -0.39 is 34.5 Å². The Morgan fingerprint density at radius 1 is 1.20 bits per heavy atom. The van der Waals surface area contributed by atoms with Gasteiger partial charge in [-0.1, -0.05) is 12.1 Å². The monoisotopic (exact) mass is 374 g/mol. The molecule has 1 aromatic carbocycles. The largest absolute Gasteiger partial charge is 0.497 e. The summed E-state index contributed by atoms with van der Waals surface area (Å²) in [5, 5.41) is 11.6. The minimum absolute atomic E-state index is 0.186. The van der Waals surface area contributed by atoms with E-state index in [4.69, 9.17) is 9.47 Å². The fraction of sp³-hybridized carbons (Fsp3) is 0.467. The summed E-state index contributed by atoms with van der Waals surface area (Å²) in [6.07, 6.45) is 0.289. The van der Waals surface area contributed by atoms with Gasteiger partial charge in [0.2, 0.25) is 15.9 Å². The molecule has 1 aromatic rings. The van der Waals surface area contributed by atoms with Gasteiger partial charge in [-0.2, -0.15) is 0 Å². The lowest BCUT2D eigenvalue weighted by molar-refractivity contribution is -0.141. The molecule has 0 radical (unpaired) electrons. The number of amides is 1. The SMILES string of the molecule is COCCCS(=O)(=O)NCC(=O)NC(C(=O)O)c1ccc(OC)cc1. The summed E-state index contributed by atoms with van der Waals surface area (Å²) < 4.78 is 35.3. The number of nitrogens with one attached hydrogen (secondary N) is 2. The van der Waals surface area contributed by atoms with Crippen LogP contribution in [0.2, 0.25) is 0 Å². The fourth-order valence-electron chi connectivity index (χ4n) is 1.94. The molecule has 9 nitrogen and oxygen atoms in total. The third kappa shape index (κ3) is 7.50. The number of rotatable bonds is 11. The number of methoxy groups -OCH3 is 2. The Balaban J connectivity index is 2.63. The van der Waals surface area contributed by atoms with Crippen molar-refractivity contribution in [2.24, 2.45) is 0 Å². The van der Waals surface area contributed by atoms with Gasteiger partial charge in [0, 0.05) is 13.7 Å². The first-order valence-corrected chi connectivity index (χ1v) is 9.06. The van der Waals surface area contributed by atoms with Crippen molar-refractivity contribution in [1.29, 1.82) is 0 Å². The van der Waals surface area contributed by atoms with E-state index in [2.05, 4.69) is 10.0 Å². The fourth-order valence-corrected chi connectivity index (χ4v) is 2.93. The average molecular weight is 374 g/mol. The second-order valence-electron chi connectivity index (χ2n) is 5.10. The summed E-state index contributed by atoms with van der Waals surface area (Å²) in [6.45, 7) is -0.263. The van der Waals surface area contributed by atoms with E-state index in [1.807, 2.05) is 0 Å². The Morgan fingerprint density at radius 2 is 1.84 bits per heavy atom. The third-order valence-electron chi connectivity index (χ3n) is 3.22. The molecule has 0 heterocycles. The number of hydrogen-bond acceptors (Lipinski definition) is 6. The molecule has 140 valence electrons. The van der Waals surface area contributed by atoms with Gasteiger partial charge in [0.1, 0.15) is 5.75 Å². The van der Waals surface area contributed by atoms with Crippen LogP contribution in [0, 0.1) is 0 Å². The molecule has 3 N–H and O–H groups in total. The smallest absolute Gasteiger partial charge is 0.330 e. The molecule has 0 saturated heterocycles. The van der Waals surface area contributed by atoms with Crippen LogP contribution in [0.1, 0.15) is 18.0 Å². The predicted octanol–water partition coefficient (Wildman–Crippen LogP) is -0.107. The van der Waals surface area contributed by atoms with Gasteiger partial charge in [-0.05, 0) is 24.1 Å². The first kappa shape index (κ1) is 20.9. The summed E-state index contributed by atoms with van der Waals surface area (Å²) in [6, 6.07) is 4.85. The average Bonchev–Trinajstić information content (AvgIpc) is 2.58. The van der Waals surface area contributed by atoms with Gasteiger partial charge < -0.3 is 19.9 Å². The molecule has 0 fully saturated rings. The lowest BCUT2D eigenvalue weighted by Gasteiger charge is -2.15. The highest BCUT2D eigenvalue weighted by Crippen LogP contribution is 2.17. The molecular formula is C15H22N2O7S. The van der Waals surface area contributed by atoms with Crippen molar-refractivity contribution in [2.45, 2.75) is 12.5 Å². The zero-order chi connectivity index (χ0) is 18.9. The Labute approximate surface area is 146 Å². The molecule has 1 unspecified atom stereocenters. The van der Waals surface area contributed by atoms with Crippen LogP contribution in [0.25, 0.3) is 0 Å².